The van der Waals surface area contributed by atoms with E-state index in [9.17, 15) is 9.18 Å². The van der Waals surface area contributed by atoms with E-state index in [1.807, 2.05) is 6.92 Å². The third-order valence-corrected chi connectivity index (χ3v) is 2.82. The fraction of sp³-hybridized carbons (Fsp3) is 0.0714. The molecule has 92 valence electrons. The first-order chi connectivity index (χ1) is 8.58. The molecule has 0 aliphatic heterocycles. The van der Waals surface area contributed by atoms with Crippen molar-refractivity contribution in [2.75, 3.05) is 0 Å². The normalized spacial score (nSPS) is 10.2. The van der Waals surface area contributed by atoms with Crippen molar-refractivity contribution in [2.45, 2.75) is 6.92 Å². The smallest absolute Gasteiger partial charge is 0.150 e. The minimum absolute atomic E-state index is 0.232. The SMILES string of the molecule is Cc1cc(Oc2cc(F)cc(C=O)c2)ccc1Cl. The number of halogens is 2. The number of ether oxygens (including phenoxy) is 1. The van der Waals surface area contributed by atoms with Crippen LogP contribution < -0.4 is 4.74 Å². The van der Waals surface area contributed by atoms with Crippen LogP contribution in [0.2, 0.25) is 5.02 Å². The molecule has 0 aliphatic rings. The minimum Gasteiger partial charge on any atom is -0.457 e. The second-order valence-electron chi connectivity index (χ2n) is 3.85. The van der Waals surface area contributed by atoms with Crippen molar-refractivity contribution in [3.05, 3.63) is 58.4 Å². The Morgan fingerprint density at radius 3 is 2.61 bits per heavy atom. The van der Waals surface area contributed by atoms with Crippen LogP contribution in [0.15, 0.2) is 36.4 Å². The predicted octanol–water partition coefficient (Wildman–Crippen LogP) is 4.39. The van der Waals surface area contributed by atoms with Crippen molar-refractivity contribution < 1.29 is 13.9 Å². The quantitative estimate of drug-likeness (QED) is 0.769. The molecule has 4 heteroatoms. The van der Waals surface area contributed by atoms with E-state index in [4.69, 9.17) is 16.3 Å². The van der Waals surface area contributed by atoms with Crippen LogP contribution in [0.1, 0.15) is 15.9 Å². The first-order valence-corrected chi connectivity index (χ1v) is 5.66. The van der Waals surface area contributed by atoms with Gasteiger partial charge in [-0.2, -0.15) is 0 Å². The lowest BCUT2D eigenvalue weighted by atomic mass is 10.2. The summed E-state index contributed by atoms with van der Waals surface area (Å²) in [7, 11) is 0. The van der Waals surface area contributed by atoms with Crippen molar-refractivity contribution >= 4 is 17.9 Å². The average molecular weight is 265 g/mol. The van der Waals surface area contributed by atoms with Crippen LogP contribution in [0.5, 0.6) is 11.5 Å². The van der Waals surface area contributed by atoms with Crippen LogP contribution in [0.3, 0.4) is 0 Å². The molecule has 0 saturated heterocycles. The Kier molecular flexibility index (Phi) is 3.63. The van der Waals surface area contributed by atoms with E-state index in [1.54, 1.807) is 18.2 Å². The standard InChI is InChI=1S/C14H10ClFO2/c1-9-4-12(2-3-14(9)15)18-13-6-10(8-17)5-11(16)7-13/h2-8H,1H3. The molecule has 2 nitrogen and oxygen atoms in total. The molecule has 0 heterocycles. The molecule has 0 radical (unpaired) electrons. The predicted molar refractivity (Wildman–Crippen MR) is 68.1 cm³/mol. The van der Waals surface area contributed by atoms with Crippen LogP contribution in [-0.2, 0) is 0 Å². The lowest BCUT2D eigenvalue weighted by molar-refractivity contribution is 0.112. The van der Waals surface area contributed by atoms with Crippen molar-refractivity contribution in [1.29, 1.82) is 0 Å². The number of benzene rings is 2. The monoisotopic (exact) mass is 264 g/mol. The van der Waals surface area contributed by atoms with Crippen molar-refractivity contribution in [3.63, 3.8) is 0 Å². The van der Waals surface area contributed by atoms with E-state index in [2.05, 4.69) is 0 Å². The number of carbonyl (C=O) groups is 1. The van der Waals surface area contributed by atoms with Gasteiger partial charge >= 0.3 is 0 Å². The number of hydrogen-bond acceptors (Lipinski definition) is 2. The number of aryl methyl sites for hydroxylation is 1. The molecule has 18 heavy (non-hydrogen) atoms. The second-order valence-corrected chi connectivity index (χ2v) is 4.26. The van der Waals surface area contributed by atoms with Crippen LogP contribution in [-0.4, -0.2) is 6.29 Å². The summed E-state index contributed by atoms with van der Waals surface area (Å²) in [6.07, 6.45) is 0.572. The maximum Gasteiger partial charge on any atom is 0.150 e. The molecule has 0 unspecified atom stereocenters. The van der Waals surface area contributed by atoms with E-state index < -0.39 is 5.82 Å². The van der Waals surface area contributed by atoms with Crippen LogP contribution >= 0.6 is 11.6 Å². The molecule has 0 fully saturated rings. The summed E-state index contributed by atoms with van der Waals surface area (Å²) in [5.74, 6) is 0.304. The summed E-state index contributed by atoms with van der Waals surface area (Å²) in [6.45, 7) is 1.84. The van der Waals surface area contributed by atoms with Crippen LogP contribution in [0, 0.1) is 12.7 Å². The van der Waals surface area contributed by atoms with Gasteiger partial charge in [0.1, 0.15) is 23.6 Å². The van der Waals surface area contributed by atoms with Crippen molar-refractivity contribution in [1.82, 2.24) is 0 Å². The van der Waals surface area contributed by atoms with E-state index in [1.165, 1.54) is 12.1 Å². The van der Waals surface area contributed by atoms with E-state index >= 15 is 0 Å². The highest BCUT2D eigenvalue weighted by atomic mass is 35.5. The van der Waals surface area contributed by atoms with Gasteiger partial charge in [0.25, 0.3) is 0 Å². The lowest BCUT2D eigenvalue weighted by Gasteiger charge is -2.08. The molecular weight excluding hydrogens is 255 g/mol. The first-order valence-electron chi connectivity index (χ1n) is 5.28. The number of carbonyl (C=O) groups excluding carboxylic acids is 1. The zero-order chi connectivity index (χ0) is 13.1. The summed E-state index contributed by atoms with van der Waals surface area (Å²) in [5.41, 5.74) is 1.09. The molecule has 2 rings (SSSR count). The fourth-order valence-electron chi connectivity index (χ4n) is 1.53. The average Bonchev–Trinajstić information content (AvgIpc) is 2.33. The van der Waals surface area contributed by atoms with Gasteiger partial charge in [0.15, 0.2) is 0 Å². The molecule has 0 aliphatic carbocycles. The summed E-state index contributed by atoms with van der Waals surface area (Å²) in [6, 6.07) is 8.96. The van der Waals surface area contributed by atoms with Gasteiger partial charge in [0.05, 0.1) is 0 Å². The Morgan fingerprint density at radius 1 is 1.17 bits per heavy atom. The number of hydrogen-bond donors (Lipinski definition) is 0. The van der Waals surface area contributed by atoms with Gasteiger partial charge in [-0.1, -0.05) is 11.6 Å². The maximum absolute atomic E-state index is 13.2. The molecule has 2 aromatic carbocycles. The Hall–Kier alpha value is -1.87. The molecular formula is C14H10ClFO2. The molecule has 0 amide bonds. The molecule has 0 spiro atoms. The van der Waals surface area contributed by atoms with Gasteiger partial charge in [0, 0.05) is 16.7 Å². The van der Waals surface area contributed by atoms with E-state index in [-0.39, 0.29) is 11.3 Å². The van der Waals surface area contributed by atoms with E-state index in [0.717, 1.165) is 11.6 Å². The van der Waals surface area contributed by atoms with E-state index in [0.29, 0.717) is 17.1 Å². The maximum atomic E-state index is 13.2. The van der Waals surface area contributed by atoms with Gasteiger partial charge in [-0.25, -0.2) is 4.39 Å². The van der Waals surface area contributed by atoms with Crippen molar-refractivity contribution in [3.8, 4) is 11.5 Å². The Morgan fingerprint density at radius 2 is 1.94 bits per heavy atom. The zero-order valence-corrected chi connectivity index (χ0v) is 10.4. The Balaban J connectivity index is 2.30. The number of rotatable bonds is 3. The molecule has 0 N–H and O–H groups in total. The van der Waals surface area contributed by atoms with Gasteiger partial charge < -0.3 is 4.74 Å². The Labute approximate surface area is 109 Å². The zero-order valence-electron chi connectivity index (χ0n) is 9.61. The van der Waals surface area contributed by atoms with Gasteiger partial charge in [0.2, 0.25) is 0 Å². The van der Waals surface area contributed by atoms with Crippen molar-refractivity contribution in [2.24, 2.45) is 0 Å². The van der Waals surface area contributed by atoms with Crippen LogP contribution in [0.4, 0.5) is 4.39 Å². The van der Waals surface area contributed by atoms with Gasteiger partial charge in [-0.3, -0.25) is 4.79 Å². The Bertz CT molecular complexity index is 596. The summed E-state index contributed by atoms with van der Waals surface area (Å²) in [5, 5.41) is 0.634. The van der Waals surface area contributed by atoms with Crippen LogP contribution in [0.25, 0.3) is 0 Å². The molecule has 0 bridgehead atoms. The molecule has 0 saturated carbocycles. The largest absolute Gasteiger partial charge is 0.457 e. The third-order valence-electron chi connectivity index (χ3n) is 2.39. The summed E-state index contributed by atoms with van der Waals surface area (Å²) >= 11 is 5.89. The lowest BCUT2D eigenvalue weighted by Crippen LogP contribution is -1.89. The van der Waals surface area contributed by atoms with Gasteiger partial charge in [-0.05, 0) is 42.8 Å². The summed E-state index contributed by atoms with van der Waals surface area (Å²) in [4.78, 5) is 10.6. The highest BCUT2D eigenvalue weighted by Gasteiger charge is 2.04. The highest BCUT2D eigenvalue weighted by Crippen LogP contribution is 2.26. The second kappa shape index (κ2) is 5.19. The third kappa shape index (κ3) is 2.87. The highest BCUT2D eigenvalue weighted by molar-refractivity contribution is 6.31. The summed E-state index contributed by atoms with van der Waals surface area (Å²) < 4.78 is 18.7. The minimum atomic E-state index is -0.514. The molecule has 0 atom stereocenters. The number of aldehydes is 1. The fourth-order valence-corrected chi connectivity index (χ4v) is 1.65. The topological polar surface area (TPSA) is 26.3 Å². The molecule has 2 aromatic rings. The van der Waals surface area contributed by atoms with Gasteiger partial charge in [-0.15, -0.1) is 0 Å². The first kappa shape index (κ1) is 12.6. The molecule has 0 aromatic heterocycles.